The van der Waals surface area contributed by atoms with Crippen LogP contribution in [0.4, 0.5) is 0 Å². The van der Waals surface area contributed by atoms with Gasteiger partial charge in [-0.25, -0.2) is 0 Å². The fourth-order valence-corrected chi connectivity index (χ4v) is 3.37. The van der Waals surface area contributed by atoms with Crippen LogP contribution in [0.5, 0.6) is 0 Å². The molecule has 0 radical (unpaired) electrons. The zero-order chi connectivity index (χ0) is 14.5. The largest absolute Gasteiger partial charge is 0.314 e. The van der Waals surface area contributed by atoms with Gasteiger partial charge >= 0.3 is 0 Å². The van der Waals surface area contributed by atoms with Gasteiger partial charge in [-0.15, -0.1) is 0 Å². The van der Waals surface area contributed by atoms with Crippen LogP contribution in [-0.4, -0.2) is 30.1 Å². The summed E-state index contributed by atoms with van der Waals surface area (Å²) in [5, 5.41) is 3.71. The fraction of sp³-hybridized carbons (Fsp3) is 0.647. The van der Waals surface area contributed by atoms with Crippen LogP contribution in [0.15, 0.2) is 28.7 Å². The zero-order valence-corrected chi connectivity index (χ0v) is 14.5. The summed E-state index contributed by atoms with van der Waals surface area (Å²) in [6, 6.07) is 10.1. The van der Waals surface area contributed by atoms with Crippen LogP contribution in [0.1, 0.15) is 39.2 Å². The van der Waals surface area contributed by atoms with Gasteiger partial charge in [-0.3, -0.25) is 4.90 Å². The summed E-state index contributed by atoms with van der Waals surface area (Å²) in [6.07, 6.45) is 2.49. The smallest absolute Gasteiger partial charge is 0.0236 e. The summed E-state index contributed by atoms with van der Waals surface area (Å²) < 4.78 is 1.16. The Morgan fingerprint density at radius 1 is 1.25 bits per heavy atom. The summed E-state index contributed by atoms with van der Waals surface area (Å²) in [6.45, 7) is 10.4. The molecule has 1 fully saturated rings. The molecule has 0 saturated carbocycles. The van der Waals surface area contributed by atoms with Crippen LogP contribution < -0.4 is 5.32 Å². The standard InChI is InChI=1S/C17H27BrN2/c1-4-10-19-17-9-11-20(14(3)13(17)2)12-15-5-7-16(18)8-6-15/h5-8,13-14,17,19H,4,9-12H2,1-3H3. The minimum Gasteiger partial charge on any atom is -0.314 e. The van der Waals surface area contributed by atoms with E-state index in [0.717, 1.165) is 17.6 Å². The molecule has 1 heterocycles. The average Bonchev–Trinajstić information content (AvgIpc) is 2.45. The van der Waals surface area contributed by atoms with Gasteiger partial charge in [-0.05, 0) is 49.9 Å². The van der Waals surface area contributed by atoms with Crippen molar-refractivity contribution in [3.05, 3.63) is 34.3 Å². The lowest BCUT2D eigenvalue weighted by Crippen LogP contribution is -2.53. The molecule has 2 nitrogen and oxygen atoms in total. The Morgan fingerprint density at radius 3 is 2.60 bits per heavy atom. The van der Waals surface area contributed by atoms with Gasteiger partial charge in [0.2, 0.25) is 0 Å². The highest BCUT2D eigenvalue weighted by atomic mass is 79.9. The summed E-state index contributed by atoms with van der Waals surface area (Å²) in [7, 11) is 0. The van der Waals surface area contributed by atoms with Gasteiger partial charge < -0.3 is 5.32 Å². The summed E-state index contributed by atoms with van der Waals surface area (Å²) in [5.74, 6) is 0.714. The van der Waals surface area contributed by atoms with Gasteiger partial charge in [0.25, 0.3) is 0 Å². The van der Waals surface area contributed by atoms with E-state index in [1.54, 1.807) is 0 Å². The first-order valence-electron chi connectivity index (χ1n) is 7.83. The molecule has 3 atom stereocenters. The van der Waals surface area contributed by atoms with Crippen LogP contribution in [0.25, 0.3) is 0 Å². The van der Waals surface area contributed by atoms with Crippen LogP contribution in [0, 0.1) is 5.92 Å². The highest BCUT2D eigenvalue weighted by Crippen LogP contribution is 2.25. The number of piperidine rings is 1. The average molecular weight is 339 g/mol. The van der Waals surface area contributed by atoms with Gasteiger partial charge in [-0.2, -0.15) is 0 Å². The van der Waals surface area contributed by atoms with E-state index < -0.39 is 0 Å². The normalized spacial score (nSPS) is 27.7. The first-order valence-corrected chi connectivity index (χ1v) is 8.63. The Bertz CT molecular complexity index is 404. The Kier molecular flexibility index (Phi) is 6.06. The molecule has 1 aliphatic rings. The Hall–Kier alpha value is -0.380. The molecule has 1 aliphatic heterocycles. The highest BCUT2D eigenvalue weighted by molar-refractivity contribution is 9.10. The van der Waals surface area contributed by atoms with Crippen molar-refractivity contribution >= 4 is 15.9 Å². The van der Waals surface area contributed by atoms with Crippen molar-refractivity contribution in [1.82, 2.24) is 10.2 Å². The van der Waals surface area contributed by atoms with Crippen LogP contribution in [0.2, 0.25) is 0 Å². The lowest BCUT2D eigenvalue weighted by molar-refractivity contribution is 0.0785. The van der Waals surface area contributed by atoms with Crippen molar-refractivity contribution in [3.8, 4) is 0 Å². The van der Waals surface area contributed by atoms with Crippen molar-refractivity contribution in [2.24, 2.45) is 5.92 Å². The van der Waals surface area contributed by atoms with Gasteiger partial charge in [0.05, 0.1) is 0 Å². The van der Waals surface area contributed by atoms with Gasteiger partial charge in [-0.1, -0.05) is 41.9 Å². The molecule has 2 rings (SSSR count). The molecule has 0 spiro atoms. The molecule has 1 N–H and O–H groups in total. The molecule has 1 saturated heterocycles. The predicted molar refractivity (Wildman–Crippen MR) is 89.9 cm³/mol. The van der Waals surface area contributed by atoms with E-state index in [2.05, 4.69) is 71.2 Å². The van der Waals surface area contributed by atoms with Crippen molar-refractivity contribution in [2.45, 2.75) is 52.2 Å². The van der Waals surface area contributed by atoms with Crippen molar-refractivity contribution in [3.63, 3.8) is 0 Å². The number of nitrogens with one attached hydrogen (secondary N) is 1. The molecular formula is C17H27BrN2. The molecule has 0 aliphatic carbocycles. The second kappa shape index (κ2) is 7.58. The molecule has 1 aromatic rings. The first-order chi connectivity index (χ1) is 9.61. The molecule has 1 aromatic carbocycles. The number of hydrogen-bond acceptors (Lipinski definition) is 2. The van der Waals surface area contributed by atoms with Crippen LogP contribution >= 0.6 is 15.9 Å². The van der Waals surface area contributed by atoms with Crippen molar-refractivity contribution < 1.29 is 0 Å². The third-order valence-corrected chi connectivity index (χ3v) is 5.18. The highest BCUT2D eigenvalue weighted by Gasteiger charge is 2.31. The maximum atomic E-state index is 3.71. The third kappa shape index (κ3) is 4.06. The number of halogens is 1. The number of hydrogen-bond donors (Lipinski definition) is 1. The fourth-order valence-electron chi connectivity index (χ4n) is 3.11. The second-order valence-corrected chi connectivity index (χ2v) is 6.96. The van der Waals surface area contributed by atoms with Crippen molar-refractivity contribution in [2.75, 3.05) is 13.1 Å². The maximum Gasteiger partial charge on any atom is 0.0236 e. The van der Waals surface area contributed by atoms with E-state index in [0.29, 0.717) is 18.0 Å². The Labute approximate surface area is 132 Å². The van der Waals surface area contributed by atoms with E-state index in [1.165, 1.54) is 24.9 Å². The number of benzene rings is 1. The molecule has 3 heteroatoms. The zero-order valence-electron chi connectivity index (χ0n) is 12.9. The summed E-state index contributed by atoms with van der Waals surface area (Å²) in [5.41, 5.74) is 1.41. The SMILES string of the molecule is CCCNC1CCN(Cc2ccc(Br)cc2)C(C)C1C. The molecule has 112 valence electrons. The Morgan fingerprint density at radius 2 is 1.95 bits per heavy atom. The van der Waals surface area contributed by atoms with Gasteiger partial charge in [0.1, 0.15) is 0 Å². The number of nitrogens with zero attached hydrogens (tertiary/aromatic N) is 1. The van der Waals surface area contributed by atoms with E-state index in [-0.39, 0.29) is 0 Å². The lowest BCUT2D eigenvalue weighted by atomic mass is 9.86. The van der Waals surface area contributed by atoms with E-state index in [4.69, 9.17) is 0 Å². The first kappa shape index (κ1) is 16.0. The van der Waals surface area contributed by atoms with E-state index in [9.17, 15) is 0 Å². The molecule has 0 amide bonds. The van der Waals surface area contributed by atoms with Gasteiger partial charge in [0.15, 0.2) is 0 Å². The Balaban J connectivity index is 1.92. The van der Waals surface area contributed by atoms with Crippen LogP contribution in [0.3, 0.4) is 0 Å². The molecule has 3 unspecified atom stereocenters. The van der Waals surface area contributed by atoms with E-state index >= 15 is 0 Å². The monoisotopic (exact) mass is 338 g/mol. The third-order valence-electron chi connectivity index (χ3n) is 4.65. The number of rotatable bonds is 5. The predicted octanol–water partition coefficient (Wildman–Crippen LogP) is 4.05. The molecule has 0 aromatic heterocycles. The topological polar surface area (TPSA) is 15.3 Å². The van der Waals surface area contributed by atoms with Gasteiger partial charge in [0, 0.05) is 29.6 Å². The van der Waals surface area contributed by atoms with Crippen LogP contribution in [-0.2, 0) is 6.54 Å². The maximum absolute atomic E-state index is 3.71. The molecule has 0 bridgehead atoms. The second-order valence-electron chi connectivity index (χ2n) is 6.05. The van der Waals surface area contributed by atoms with Crippen molar-refractivity contribution in [1.29, 1.82) is 0 Å². The molecular weight excluding hydrogens is 312 g/mol. The quantitative estimate of drug-likeness (QED) is 0.871. The minimum atomic E-state index is 0.641. The lowest BCUT2D eigenvalue weighted by Gasteiger charge is -2.43. The number of likely N-dealkylation sites (tertiary alicyclic amines) is 1. The molecule has 20 heavy (non-hydrogen) atoms. The van der Waals surface area contributed by atoms with E-state index in [1.807, 2.05) is 0 Å². The summed E-state index contributed by atoms with van der Waals surface area (Å²) >= 11 is 3.50. The minimum absolute atomic E-state index is 0.641. The summed E-state index contributed by atoms with van der Waals surface area (Å²) in [4.78, 5) is 2.62.